The Morgan fingerprint density at radius 3 is 2.89 bits per heavy atom. The van der Waals surface area contributed by atoms with Crippen LogP contribution >= 0.6 is 11.6 Å². The van der Waals surface area contributed by atoms with Crippen molar-refractivity contribution < 1.29 is 14.6 Å². The number of nitrogens with one attached hydrogen (secondary N) is 1. The second-order valence-electron chi connectivity index (χ2n) is 4.83. The van der Waals surface area contributed by atoms with E-state index in [1.54, 1.807) is 12.1 Å². The van der Waals surface area contributed by atoms with Crippen molar-refractivity contribution in [3.63, 3.8) is 0 Å². The maximum absolute atomic E-state index is 11.8. The molecule has 5 heteroatoms. The van der Waals surface area contributed by atoms with Crippen LogP contribution in [0.4, 0.5) is 5.69 Å². The number of benzene rings is 1. The first-order chi connectivity index (χ1) is 9.08. The monoisotopic (exact) mass is 283 g/mol. The first kappa shape index (κ1) is 14.2. The van der Waals surface area contributed by atoms with E-state index >= 15 is 0 Å². The number of halogens is 1. The molecule has 4 nitrogen and oxygen atoms in total. The van der Waals surface area contributed by atoms with E-state index in [0.717, 1.165) is 19.4 Å². The summed E-state index contributed by atoms with van der Waals surface area (Å²) < 4.78 is 5.46. The maximum Gasteiger partial charge on any atom is 0.224 e. The summed E-state index contributed by atoms with van der Waals surface area (Å²) in [6.45, 7) is 2.71. The zero-order chi connectivity index (χ0) is 13.8. The second-order valence-corrected chi connectivity index (χ2v) is 5.24. The predicted octanol–water partition coefficient (Wildman–Crippen LogP) is 3.19. The molecule has 104 valence electrons. The molecule has 1 fully saturated rings. The molecule has 1 aliphatic rings. The molecule has 0 atom stereocenters. The van der Waals surface area contributed by atoms with Crippen molar-refractivity contribution in [2.75, 3.05) is 11.9 Å². The summed E-state index contributed by atoms with van der Waals surface area (Å²) in [5.41, 5.74) is 0.605. The van der Waals surface area contributed by atoms with E-state index in [0.29, 0.717) is 24.1 Å². The molecule has 0 bridgehead atoms. The van der Waals surface area contributed by atoms with E-state index in [4.69, 9.17) is 16.3 Å². The minimum absolute atomic E-state index is 0.0122. The van der Waals surface area contributed by atoms with E-state index in [1.807, 2.05) is 6.92 Å². The molecular formula is C14H18ClNO3. The molecule has 0 unspecified atom stereocenters. The van der Waals surface area contributed by atoms with Crippen LogP contribution in [0.5, 0.6) is 5.75 Å². The van der Waals surface area contributed by atoms with E-state index in [-0.39, 0.29) is 16.7 Å². The molecule has 1 aliphatic carbocycles. The third-order valence-electron chi connectivity index (χ3n) is 3.30. The van der Waals surface area contributed by atoms with Crippen LogP contribution in [0.3, 0.4) is 0 Å². The molecule has 2 N–H and O–H groups in total. The van der Waals surface area contributed by atoms with Crippen molar-refractivity contribution >= 4 is 23.2 Å². The average Bonchev–Trinajstić information content (AvgIpc) is 2.31. The lowest BCUT2D eigenvalue weighted by Gasteiger charge is -2.34. The van der Waals surface area contributed by atoms with Crippen LogP contribution in [0.15, 0.2) is 18.2 Å². The summed E-state index contributed by atoms with van der Waals surface area (Å²) in [6, 6.07) is 4.63. The van der Waals surface area contributed by atoms with Crippen LogP contribution < -0.4 is 5.32 Å². The number of aromatic hydroxyl groups is 1. The highest BCUT2D eigenvalue weighted by Crippen LogP contribution is 2.33. The number of rotatable bonds is 5. The van der Waals surface area contributed by atoms with Gasteiger partial charge in [0.05, 0.1) is 11.1 Å². The molecule has 2 rings (SSSR count). The lowest BCUT2D eigenvalue weighted by atomic mass is 9.80. The van der Waals surface area contributed by atoms with Gasteiger partial charge in [0.2, 0.25) is 5.91 Å². The van der Waals surface area contributed by atoms with Gasteiger partial charge in [-0.05, 0) is 43.9 Å². The predicted molar refractivity (Wildman–Crippen MR) is 74.5 cm³/mol. The Kier molecular flexibility index (Phi) is 4.66. The lowest BCUT2D eigenvalue weighted by Crippen LogP contribution is -2.33. The number of amides is 1. The molecule has 0 radical (unpaired) electrons. The van der Waals surface area contributed by atoms with Gasteiger partial charge < -0.3 is 15.2 Å². The maximum atomic E-state index is 11.8. The van der Waals surface area contributed by atoms with Crippen LogP contribution in [-0.2, 0) is 9.53 Å². The normalized spacial score (nSPS) is 21.8. The molecule has 0 heterocycles. The summed E-state index contributed by atoms with van der Waals surface area (Å²) in [7, 11) is 0. The van der Waals surface area contributed by atoms with Crippen molar-refractivity contribution in [3.05, 3.63) is 23.2 Å². The highest BCUT2D eigenvalue weighted by molar-refractivity contribution is 6.32. The Hall–Kier alpha value is -1.26. The molecule has 0 aliphatic heterocycles. The van der Waals surface area contributed by atoms with Crippen LogP contribution in [-0.4, -0.2) is 23.7 Å². The number of carbonyl (C=O) groups excluding carboxylic acids is 1. The van der Waals surface area contributed by atoms with Gasteiger partial charge >= 0.3 is 0 Å². The summed E-state index contributed by atoms with van der Waals surface area (Å²) in [4.78, 5) is 11.8. The molecule has 1 aromatic carbocycles. The Bertz CT molecular complexity index is 458. The van der Waals surface area contributed by atoms with Gasteiger partial charge in [-0.1, -0.05) is 11.6 Å². The Morgan fingerprint density at radius 1 is 1.53 bits per heavy atom. The summed E-state index contributed by atoms with van der Waals surface area (Å²) >= 11 is 5.78. The smallest absolute Gasteiger partial charge is 0.224 e. The van der Waals surface area contributed by atoms with E-state index in [1.165, 1.54) is 6.07 Å². The Labute approximate surface area is 117 Å². The first-order valence-corrected chi connectivity index (χ1v) is 6.86. The number of phenolic OH excluding ortho intramolecular Hbond substituents is 1. The Balaban J connectivity index is 1.77. The highest BCUT2D eigenvalue weighted by atomic mass is 35.5. The van der Waals surface area contributed by atoms with Gasteiger partial charge in [-0.2, -0.15) is 0 Å². The fraction of sp³-hybridized carbons (Fsp3) is 0.500. The van der Waals surface area contributed by atoms with Gasteiger partial charge in [-0.3, -0.25) is 4.79 Å². The number of ether oxygens (including phenoxy) is 1. The van der Waals surface area contributed by atoms with Gasteiger partial charge in [0, 0.05) is 18.7 Å². The van der Waals surface area contributed by atoms with Crippen molar-refractivity contribution in [2.45, 2.75) is 32.3 Å². The standard InChI is InChI=1S/C14H18ClNO3/c1-2-19-11-5-9(6-11)7-14(18)16-10-3-4-13(17)12(15)8-10/h3-4,8-9,11,17H,2,5-7H2,1H3,(H,16,18). The SMILES string of the molecule is CCOC1CC(CC(=O)Nc2ccc(O)c(Cl)c2)C1. The van der Waals surface area contributed by atoms with Crippen LogP contribution in [0, 0.1) is 5.92 Å². The largest absolute Gasteiger partial charge is 0.506 e. The third kappa shape index (κ3) is 3.85. The van der Waals surface area contributed by atoms with E-state index in [2.05, 4.69) is 5.32 Å². The quantitative estimate of drug-likeness (QED) is 0.816. The average molecular weight is 284 g/mol. The van der Waals surface area contributed by atoms with Crippen molar-refractivity contribution in [1.82, 2.24) is 0 Å². The zero-order valence-electron chi connectivity index (χ0n) is 10.9. The molecule has 1 aromatic rings. The summed E-state index contributed by atoms with van der Waals surface area (Å²) in [6.07, 6.45) is 2.74. The zero-order valence-corrected chi connectivity index (χ0v) is 11.6. The van der Waals surface area contributed by atoms with Gasteiger partial charge in [-0.25, -0.2) is 0 Å². The minimum atomic E-state index is -0.0262. The van der Waals surface area contributed by atoms with Crippen LogP contribution in [0.2, 0.25) is 5.02 Å². The molecule has 1 saturated carbocycles. The molecule has 0 aromatic heterocycles. The fourth-order valence-electron chi connectivity index (χ4n) is 2.27. The van der Waals surface area contributed by atoms with Gasteiger partial charge in [0.25, 0.3) is 0 Å². The fourth-order valence-corrected chi connectivity index (χ4v) is 2.45. The van der Waals surface area contributed by atoms with Crippen molar-refractivity contribution in [3.8, 4) is 5.75 Å². The first-order valence-electron chi connectivity index (χ1n) is 6.48. The summed E-state index contributed by atoms with van der Waals surface area (Å²) in [5.74, 6) is 0.393. The molecule has 0 saturated heterocycles. The van der Waals surface area contributed by atoms with E-state index < -0.39 is 0 Å². The van der Waals surface area contributed by atoms with Crippen LogP contribution in [0.25, 0.3) is 0 Å². The van der Waals surface area contributed by atoms with Crippen molar-refractivity contribution in [2.24, 2.45) is 5.92 Å². The summed E-state index contributed by atoms with van der Waals surface area (Å²) in [5, 5.41) is 12.3. The molecule has 1 amide bonds. The Morgan fingerprint density at radius 2 is 2.26 bits per heavy atom. The number of phenols is 1. The number of carbonyl (C=O) groups is 1. The molecule has 19 heavy (non-hydrogen) atoms. The molecule has 0 spiro atoms. The minimum Gasteiger partial charge on any atom is -0.506 e. The topological polar surface area (TPSA) is 58.6 Å². The van der Waals surface area contributed by atoms with Gasteiger partial charge in [-0.15, -0.1) is 0 Å². The van der Waals surface area contributed by atoms with Crippen molar-refractivity contribution in [1.29, 1.82) is 0 Å². The van der Waals surface area contributed by atoms with Crippen LogP contribution in [0.1, 0.15) is 26.2 Å². The number of hydrogen-bond donors (Lipinski definition) is 2. The third-order valence-corrected chi connectivity index (χ3v) is 3.60. The lowest BCUT2D eigenvalue weighted by molar-refractivity contribution is -0.119. The highest BCUT2D eigenvalue weighted by Gasteiger charge is 2.30. The number of hydrogen-bond acceptors (Lipinski definition) is 3. The molecular weight excluding hydrogens is 266 g/mol. The van der Waals surface area contributed by atoms with Gasteiger partial charge in [0.1, 0.15) is 5.75 Å². The number of anilines is 1. The second kappa shape index (κ2) is 6.26. The van der Waals surface area contributed by atoms with E-state index in [9.17, 15) is 9.90 Å². The van der Waals surface area contributed by atoms with Gasteiger partial charge in [0.15, 0.2) is 0 Å².